The van der Waals surface area contributed by atoms with Gasteiger partial charge in [-0.25, -0.2) is 9.78 Å². The van der Waals surface area contributed by atoms with Gasteiger partial charge in [-0.05, 0) is 38.0 Å². The fourth-order valence-corrected chi connectivity index (χ4v) is 3.25. The minimum Gasteiger partial charge on any atom is -0.497 e. The molecule has 0 bridgehead atoms. The normalized spacial score (nSPS) is 18.9. The molecule has 1 aromatic heterocycles. The quantitative estimate of drug-likeness (QED) is 0.786. The van der Waals surface area contributed by atoms with Crippen LogP contribution in [0.15, 0.2) is 28.7 Å². The van der Waals surface area contributed by atoms with Crippen molar-refractivity contribution in [3.63, 3.8) is 0 Å². The Morgan fingerprint density at radius 1 is 1.39 bits per heavy atom. The van der Waals surface area contributed by atoms with E-state index in [9.17, 15) is 9.59 Å². The molecular formula is C20H23N3O5. The number of rotatable bonds is 7. The maximum Gasteiger partial charge on any atom is 0.410 e. The molecule has 1 aliphatic carbocycles. The van der Waals surface area contributed by atoms with Crippen LogP contribution in [0, 0.1) is 6.92 Å². The third-order valence-electron chi connectivity index (χ3n) is 4.95. The zero-order valence-electron chi connectivity index (χ0n) is 15.9. The first-order chi connectivity index (χ1) is 13.5. The number of carbonyl (C=O) groups is 2. The highest BCUT2D eigenvalue weighted by molar-refractivity contribution is 5.78. The van der Waals surface area contributed by atoms with Crippen LogP contribution in [-0.2, 0) is 16.0 Å². The molecule has 1 aliphatic heterocycles. The number of nitrogens with zero attached hydrogens (tertiary/aromatic N) is 2. The molecule has 28 heavy (non-hydrogen) atoms. The van der Waals surface area contributed by atoms with Gasteiger partial charge in [-0.3, -0.25) is 4.79 Å². The fraction of sp³-hybridized carbons (Fsp3) is 0.450. The lowest BCUT2D eigenvalue weighted by Crippen LogP contribution is -2.35. The first-order valence-corrected chi connectivity index (χ1v) is 9.38. The lowest BCUT2D eigenvalue weighted by molar-refractivity contribution is -0.120. The largest absolute Gasteiger partial charge is 0.497 e. The molecular weight excluding hydrogens is 362 g/mol. The molecule has 0 spiro atoms. The minimum absolute atomic E-state index is 0.103. The number of nitrogens with one attached hydrogen (secondary N) is 1. The third-order valence-corrected chi connectivity index (χ3v) is 4.95. The van der Waals surface area contributed by atoms with E-state index in [1.807, 2.05) is 24.3 Å². The molecule has 1 saturated heterocycles. The molecule has 2 aromatic rings. The molecule has 1 atom stereocenters. The van der Waals surface area contributed by atoms with E-state index in [0.29, 0.717) is 42.2 Å². The molecule has 0 radical (unpaired) electrons. The maximum atomic E-state index is 12.3. The summed E-state index contributed by atoms with van der Waals surface area (Å²) in [5.41, 5.74) is 1.37. The first kappa shape index (κ1) is 18.3. The zero-order valence-corrected chi connectivity index (χ0v) is 15.9. The molecule has 1 N–H and O–H groups in total. The second-order valence-corrected chi connectivity index (χ2v) is 7.12. The summed E-state index contributed by atoms with van der Waals surface area (Å²) < 4.78 is 16.2. The number of cyclic esters (lactones) is 1. The lowest BCUT2D eigenvalue weighted by atomic mass is 10.2. The minimum atomic E-state index is -0.303. The second-order valence-electron chi connectivity index (χ2n) is 7.12. The van der Waals surface area contributed by atoms with Crippen LogP contribution in [0.25, 0.3) is 11.5 Å². The Hall–Kier alpha value is -3.03. The van der Waals surface area contributed by atoms with Crippen molar-refractivity contribution >= 4 is 12.0 Å². The van der Waals surface area contributed by atoms with Gasteiger partial charge < -0.3 is 24.1 Å². The highest BCUT2D eigenvalue weighted by atomic mass is 16.6. The van der Waals surface area contributed by atoms with E-state index in [2.05, 4.69) is 10.3 Å². The number of amides is 2. The van der Waals surface area contributed by atoms with Gasteiger partial charge >= 0.3 is 6.09 Å². The van der Waals surface area contributed by atoms with Crippen LogP contribution >= 0.6 is 0 Å². The Kier molecular flexibility index (Phi) is 4.93. The number of benzene rings is 1. The number of oxazole rings is 1. The summed E-state index contributed by atoms with van der Waals surface area (Å²) in [4.78, 5) is 30.3. The Morgan fingerprint density at radius 3 is 2.96 bits per heavy atom. The Bertz CT molecular complexity index is 890. The van der Waals surface area contributed by atoms with E-state index in [1.54, 1.807) is 18.9 Å². The molecule has 2 heterocycles. The van der Waals surface area contributed by atoms with Crippen molar-refractivity contribution in [2.45, 2.75) is 38.3 Å². The summed E-state index contributed by atoms with van der Waals surface area (Å²) in [5, 5.41) is 2.82. The van der Waals surface area contributed by atoms with Crippen LogP contribution in [0.3, 0.4) is 0 Å². The monoisotopic (exact) mass is 385 g/mol. The van der Waals surface area contributed by atoms with E-state index in [1.165, 1.54) is 0 Å². The molecule has 2 aliphatic rings. The molecule has 8 nitrogen and oxygen atoms in total. The van der Waals surface area contributed by atoms with Gasteiger partial charge in [0.1, 0.15) is 17.6 Å². The van der Waals surface area contributed by atoms with Gasteiger partial charge in [-0.15, -0.1) is 0 Å². The molecule has 1 aromatic carbocycles. The molecule has 2 fully saturated rings. The third kappa shape index (κ3) is 3.95. The number of hydrogen-bond donors (Lipinski definition) is 1. The summed E-state index contributed by atoms with van der Waals surface area (Å²) in [5.74, 6) is 1.57. The van der Waals surface area contributed by atoms with Crippen LogP contribution in [0.1, 0.15) is 24.3 Å². The second kappa shape index (κ2) is 7.53. The van der Waals surface area contributed by atoms with E-state index >= 15 is 0 Å². The number of hydrogen-bond acceptors (Lipinski definition) is 6. The van der Waals surface area contributed by atoms with Crippen molar-refractivity contribution in [3.05, 3.63) is 35.7 Å². The molecule has 148 valence electrons. The van der Waals surface area contributed by atoms with Gasteiger partial charge in [-0.1, -0.05) is 6.07 Å². The molecule has 1 saturated carbocycles. The van der Waals surface area contributed by atoms with Gasteiger partial charge in [0.15, 0.2) is 0 Å². The Balaban J connectivity index is 1.33. The average Bonchev–Trinajstić information content (AvgIpc) is 3.38. The molecule has 2 amide bonds. The summed E-state index contributed by atoms with van der Waals surface area (Å²) >= 11 is 0. The van der Waals surface area contributed by atoms with Crippen LogP contribution < -0.4 is 10.1 Å². The number of ether oxygens (including phenoxy) is 2. The van der Waals surface area contributed by atoms with Crippen molar-refractivity contribution in [1.29, 1.82) is 0 Å². The predicted molar refractivity (Wildman–Crippen MR) is 99.9 cm³/mol. The van der Waals surface area contributed by atoms with Gasteiger partial charge in [0.25, 0.3) is 0 Å². The van der Waals surface area contributed by atoms with E-state index < -0.39 is 0 Å². The fourth-order valence-electron chi connectivity index (χ4n) is 3.25. The Labute approximate surface area is 162 Å². The standard InChI is InChI=1S/C20H23N3O5/c1-12-17(22-19(27-12)13-4-3-5-15(8-13)26-2)9-18(24)21-10-16-11-23(14-6-7-14)20(25)28-16/h3-5,8,14,16H,6-7,9-11H2,1-2H3,(H,21,24). The summed E-state index contributed by atoms with van der Waals surface area (Å²) in [7, 11) is 1.60. The summed E-state index contributed by atoms with van der Waals surface area (Å²) in [6.45, 7) is 2.62. The van der Waals surface area contributed by atoms with Gasteiger partial charge in [0.05, 0.1) is 32.3 Å². The predicted octanol–water partition coefficient (Wildman–Crippen LogP) is 2.30. The van der Waals surface area contributed by atoms with Crippen LogP contribution in [0.4, 0.5) is 4.79 Å². The average molecular weight is 385 g/mol. The summed E-state index contributed by atoms with van der Waals surface area (Å²) in [6.07, 6.45) is 1.59. The maximum absolute atomic E-state index is 12.3. The van der Waals surface area contributed by atoms with E-state index in [0.717, 1.165) is 18.4 Å². The van der Waals surface area contributed by atoms with Crippen molar-refractivity contribution in [2.75, 3.05) is 20.2 Å². The SMILES string of the molecule is COc1cccc(-c2nc(CC(=O)NCC3CN(C4CC4)C(=O)O3)c(C)o2)c1. The number of aromatic nitrogens is 1. The van der Waals surface area contributed by atoms with Crippen molar-refractivity contribution in [2.24, 2.45) is 0 Å². The highest BCUT2D eigenvalue weighted by Gasteiger charge is 2.40. The highest BCUT2D eigenvalue weighted by Crippen LogP contribution is 2.30. The Morgan fingerprint density at radius 2 is 2.21 bits per heavy atom. The van der Waals surface area contributed by atoms with Crippen LogP contribution in [0.2, 0.25) is 0 Å². The molecule has 8 heteroatoms. The lowest BCUT2D eigenvalue weighted by Gasteiger charge is -2.11. The van der Waals surface area contributed by atoms with E-state index in [-0.39, 0.29) is 24.5 Å². The molecule has 4 rings (SSSR count). The van der Waals surface area contributed by atoms with Gasteiger partial charge in [-0.2, -0.15) is 0 Å². The topological polar surface area (TPSA) is 93.9 Å². The van der Waals surface area contributed by atoms with E-state index in [4.69, 9.17) is 13.9 Å². The zero-order chi connectivity index (χ0) is 19.7. The first-order valence-electron chi connectivity index (χ1n) is 9.38. The van der Waals surface area contributed by atoms with Crippen molar-refractivity contribution in [1.82, 2.24) is 15.2 Å². The van der Waals surface area contributed by atoms with Crippen molar-refractivity contribution in [3.8, 4) is 17.2 Å². The molecule has 1 unspecified atom stereocenters. The smallest absolute Gasteiger partial charge is 0.410 e. The number of methoxy groups -OCH3 is 1. The van der Waals surface area contributed by atoms with Gasteiger partial charge in [0.2, 0.25) is 11.8 Å². The number of aryl methyl sites for hydroxylation is 1. The van der Waals surface area contributed by atoms with Crippen molar-refractivity contribution < 1.29 is 23.5 Å². The van der Waals surface area contributed by atoms with Gasteiger partial charge in [0, 0.05) is 11.6 Å². The van der Waals surface area contributed by atoms with Crippen LogP contribution in [-0.4, -0.2) is 54.2 Å². The number of carbonyl (C=O) groups excluding carboxylic acids is 2. The summed E-state index contributed by atoms with van der Waals surface area (Å²) in [6, 6.07) is 7.72. The van der Waals surface area contributed by atoms with Crippen LogP contribution in [0.5, 0.6) is 5.75 Å².